The van der Waals surface area contributed by atoms with Gasteiger partial charge in [-0.1, -0.05) is 7.43 Å². The van der Waals surface area contributed by atoms with Crippen molar-refractivity contribution in [1.82, 2.24) is 58.6 Å². The molecule has 68 heavy (non-hydrogen) atoms. The summed E-state index contributed by atoms with van der Waals surface area (Å²) in [6.07, 6.45) is -4.88. The summed E-state index contributed by atoms with van der Waals surface area (Å²) in [7, 11) is -2.08. The number of hydrogen-bond acceptors (Lipinski definition) is 25. The van der Waals surface area contributed by atoms with Gasteiger partial charge in [-0.05, 0) is 30.0 Å². The van der Waals surface area contributed by atoms with E-state index < -0.39 is 102 Å². The maximum atomic E-state index is 12.2. The topological polar surface area (TPSA) is 401 Å². The number of rotatable bonds is 17. The van der Waals surface area contributed by atoms with E-state index in [9.17, 15) is 29.5 Å². The molecule has 370 valence electrons. The molecule has 3 unspecified atom stereocenters. The van der Waals surface area contributed by atoms with Crippen molar-refractivity contribution in [2.24, 2.45) is 0 Å². The lowest BCUT2D eigenvalue weighted by Crippen LogP contribution is -2.37. The van der Waals surface area contributed by atoms with Gasteiger partial charge in [-0.2, -0.15) is 0 Å². The quantitative estimate of drug-likeness (QED) is 0.0567. The van der Waals surface area contributed by atoms with E-state index in [0.717, 1.165) is 0 Å². The summed E-state index contributed by atoms with van der Waals surface area (Å²) in [4.78, 5) is 70.6. The molecule has 0 aliphatic carbocycles. The minimum atomic E-state index is -4.34. The number of hydrogen-bond donors (Lipinski definition) is 8. The smallest absolute Gasteiger partial charge is 0.325 e. The van der Waals surface area contributed by atoms with Crippen LogP contribution >= 0.6 is 20.8 Å². The third kappa shape index (κ3) is 10.1. The molecule has 29 nitrogen and oxygen atoms in total. The second kappa shape index (κ2) is 19.7. The average molecular weight is 1050 g/mol. The molecule has 0 radical (unpaired) electrons. The van der Waals surface area contributed by atoms with Crippen LogP contribution in [0.2, 0.25) is 0 Å². The largest absolute Gasteiger partial charge is 0.387 e. The number of ether oxygens (including phenoxy) is 4. The Kier molecular flexibility index (Phi) is 14.6. The number of aliphatic hydroxyl groups is 2. The maximum absolute atomic E-state index is 12.2. The molecule has 34 heteroatoms. The van der Waals surface area contributed by atoms with Crippen LogP contribution in [0.5, 0.6) is 0 Å². The number of fused-ring (bicyclic) bond motifs is 3. The molecular weight excluding hydrogens is 1000 g/mol. The van der Waals surface area contributed by atoms with Crippen LogP contribution in [0, 0.1) is 0 Å². The molecule has 0 saturated carbocycles. The van der Waals surface area contributed by atoms with Crippen LogP contribution in [-0.4, -0.2) is 165 Å². The van der Waals surface area contributed by atoms with Crippen molar-refractivity contribution in [3.05, 3.63) is 38.0 Å². The Morgan fingerprint density at radius 2 is 1.15 bits per heavy atom. The third-order valence-corrected chi connectivity index (χ3v) is 15.5. The zero-order chi connectivity index (χ0) is 47.6. The summed E-state index contributed by atoms with van der Waals surface area (Å²) in [6.45, 7) is -8.36. The van der Waals surface area contributed by atoms with Crippen molar-refractivity contribution >= 4 is 95.4 Å². The van der Waals surface area contributed by atoms with Crippen LogP contribution in [0.1, 0.15) is 39.0 Å². The van der Waals surface area contributed by atoms with Gasteiger partial charge >= 0.3 is 13.4 Å². The lowest BCUT2D eigenvalue weighted by molar-refractivity contribution is -0.0583. The number of nitrogens with zero attached hydrogens (tertiary/aromatic N) is 12. The molecular formula is C34H48N15O14P3S2. The van der Waals surface area contributed by atoms with Gasteiger partial charge in [0.1, 0.15) is 78.3 Å². The highest BCUT2D eigenvalue weighted by Crippen LogP contribution is 2.54. The van der Waals surface area contributed by atoms with E-state index in [1.54, 1.807) is 0 Å². The van der Waals surface area contributed by atoms with E-state index in [4.69, 9.17) is 77.9 Å². The highest BCUT2D eigenvalue weighted by Gasteiger charge is 2.52. The zero-order valence-electron chi connectivity index (χ0n) is 35.0. The van der Waals surface area contributed by atoms with E-state index in [0.29, 0.717) is 5.65 Å². The summed E-state index contributed by atoms with van der Waals surface area (Å²) >= 11 is 11.0. The Morgan fingerprint density at radius 1 is 0.676 bits per heavy atom. The van der Waals surface area contributed by atoms with Crippen molar-refractivity contribution in [2.45, 2.75) is 87.8 Å². The molecule has 0 spiro atoms. The molecule has 0 amide bonds. The van der Waals surface area contributed by atoms with Crippen LogP contribution < -0.4 is 17.2 Å². The first-order valence-corrected chi connectivity index (χ1v) is 27.5. The fourth-order valence-corrected chi connectivity index (χ4v) is 11.7. The highest BCUT2D eigenvalue weighted by atomic mass is 32.5. The Balaban J connectivity index is 0.00000625. The SMILES string of the molecule is C.CO[C@H]1[C@@H](OP(O)(=S)OC[C@H]2O[C@@H](n3cnc4c(N)ncnc43)[C@H](O)[C@@H]2O)[C@H](n2cnc3c(N)ncnc32)O[C@@H]1COP(O)(=S)O[C@@H]1C[C@@H](CCP(C)(=O)O)O[C@H]1n1cnc2c(N)ncnc21. The van der Waals surface area contributed by atoms with E-state index >= 15 is 0 Å². The Labute approximate surface area is 395 Å². The maximum Gasteiger partial charge on any atom is 0.325 e. The molecule has 9 rings (SSSR count). The van der Waals surface area contributed by atoms with Crippen molar-refractivity contribution in [3.8, 4) is 0 Å². The van der Waals surface area contributed by atoms with E-state index in [1.165, 1.54) is 65.4 Å². The molecule has 14 atom stereocenters. The standard InChI is InChI=1S/C33H44N15O14P3S2.CH4/c1-55-23-17(7-57-64(53,66)61-15-5-14(3-4-63(2,51)52)58-31(15)46-11-43-18-25(34)37-8-40-28(18)46)60-33(48-13-45-20-27(36)39-10-42-30(20)48)24(23)62-65(54,67)56-6-16-21(49)22(50)32(59-16)47-12-44-19-26(35)38-9-41-29(19)47;/h8-17,21-24,31-33,49-50H,3-7H2,1-2H3,(H,51,52)(H,53,66)(H,54,67)(H2,34,37,40)(H2,35,38,41)(H2,36,39,42);1H4/t14-,15-,16-,17-,21-,22-,23-,24-,31-,32-,33-,64?,65?;/m1./s1. The van der Waals surface area contributed by atoms with Gasteiger partial charge in [-0.3, -0.25) is 22.8 Å². The first kappa shape index (κ1) is 50.4. The number of nitrogens with two attached hydrogens (primary N) is 3. The van der Waals surface area contributed by atoms with Gasteiger partial charge in [0.05, 0.1) is 38.3 Å². The lowest BCUT2D eigenvalue weighted by Gasteiger charge is -2.28. The van der Waals surface area contributed by atoms with Gasteiger partial charge in [-0.25, -0.2) is 44.9 Å². The molecule has 6 aromatic heterocycles. The van der Waals surface area contributed by atoms with Crippen molar-refractivity contribution in [1.29, 1.82) is 0 Å². The number of imidazole rings is 3. The molecule has 0 aromatic carbocycles. The van der Waals surface area contributed by atoms with Crippen molar-refractivity contribution in [3.63, 3.8) is 0 Å². The first-order chi connectivity index (χ1) is 31.8. The zero-order valence-corrected chi connectivity index (χ0v) is 39.3. The Bertz CT molecular complexity index is 2930. The normalized spacial score (nSPS) is 30.1. The minimum Gasteiger partial charge on any atom is -0.387 e. The second-order valence-corrected chi connectivity index (χ2v) is 23.9. The fourth-order valence-electron chi connectivity index (χ4n) is 8.08. The van der Waals surface area contributed by atoms with E-state index in [2.05, 4.69) is 44.9 Å². The van der Waals surface area contributed by atoms with Crippen LogP contribution in [0.4, 0.5) is 17.5 Å². The summed E-state index contributed by atoms with van der Waals surface area (Å²) in [5, 5.41) is 22.0. The van der Waals surface area contributed by atoms with Gasteiger partial charge < -0.3 is 74.6 Å². The number of aliphatic hydroxyl groups excluding tert-OH is 2. The van der Waals surface area contributed by atoms with Crippen molar-refractivity contribution in [2.75, 3.05) is 50.4 Å². The van der Waals surface area contributed by atoms with E-state index in [-0.39, 0.29) is 71.7 Å². The monoisotopic (exact) mass is 1050 g/mol. The Morgan fingerprint density at radius 3 is 1.66 bits per heavy atom. The number of nitrogen functional groups attached to an aromatic ring is 3. The Hall–Kier alpha value is -3.94. The van der Waals surface area contributed by atoms with Crippen LogP contribution in [-0.2, 0) is 65.2 Å². The van der Waals surface area contributed by atoms with Gasteiger partial charge in [0, 0.05) is 26.4 Å². The first-order valence-electron chi connectivity index (χ1n) is 20.1. The molecule has 3 fully saturated rings. The van der Waals surface area contributed by atoms with Gasteiger partial charge in [0.15, 0.2) is 60.4 Å². The number of methoxy groups -OCH3 is 1. The summed E-state index contributed by atoms with van der Waals surface area (Å²) < 4.78 is 64.9. The molecule has 3 aliphatic rings. The van der Waals surface area contributed by atoms with Gasteiger partial charge in [0.2, 0.25) is 0 Å². The predicted molar refractivity (Wildman–Crippen MR) is 245 cm³/mol. The fraction of sp³-hybridized carbons (Fsp3) is 0.559. The summed E-state index contributed by atoms with van der Waals surface area (Å²) in [5.74, 6) is 0.268. The van der Waals surface area contributed by atoms with Crippen LogP contribution in [0.25, 0.3) is 33.5 Å². The molecule has 9 heterocycles. The molecule has 11 N–H and O–H groups in total. The van der Waals surface area contributed by atoms with Crippen LogP contribution in [0.15, 0.2) is 38.0 Å². The average Bonchev–Trinajstić information content (AvgIpc) is 4.13. The minimum absolute atomic E-state index is 0. The third-order valence-electron chi connectivity index (χ3n) is 11.2. The van der Waals surface area contributed by atoms with Gasteiger partial charge in [0.25, 0.3) is 0 Å². The predicted octanol–water partition coefficient (Wildman–Crippen LogP) is 0.235. The van der Waals surface area contributed by atoms with Gasteiger partial charge in [-0.15, -0.1) is 0 Å². The second-order valence-electron chi connectivity index (χ2n) is 15.8. The van der Waals surface area contributed by atoms with Crippen LogP contribution in [0.3, 0.4) is 0 Å². The molecule has 3 saturated heterocycles. The summed E-state index contributed by atoms with van der Waals surface area (Å²) in [5.41, 5.74) is 19.5. The molecule has 0 bridgehead atoms. The molecule has 3 aliphatic heterocycles. The molecule has 6 aromatic rings. The number of anilines is 3. The van der Waals surface area contributed by atoms with E-state index in [1.807, 2.05) is 0 Å². The number of aromatic nitrogens is 12. The highest BCUT2D eigenvalue weighted by molar-refractivity contribution is 8.07. The summed E-state index contributed by atoms with van der Waals surface area (Å²) in [6, 6.07) is 0. The van der Waals surface area contributed by atoms with Crippen molar-refractivity contribution < 1.29 is 66.5 Å². The lowest BCUT2D eigenvalue weighted by atomic mass is 10.1.